The molecule has 0 aliphatic carbocycles. The van der Waals surface area contributed by atoms with Gasteiger partial charge in [-0.25, -0.2) is 0 Å². The van der Waals surface area contributed by atoms with Crippen LogP contribution in [0.5, 0.6) is 0 Å². The Morgan fingerprint density at radius 2 is 0.337 bits per heavy atom. The summed E-state index contributed by atoms with van der Waals surface area (Å²) in [6, 6.07) is 45.8. The predicted molar refractivity (Wildman–Crippen MR) is 385 cm³/mol. The van der Waals surface area contributed by atoms with Crippen LogP contribution in [0.3, 0.4) is 0 Å². The second-order valence-corrected chi connectivity index (χ2v) is 39.5. The molecule has 92 heavy (non-hydrogen) atoms. The molecule has 6 aromatic rings. The quantitative estimate of drug-likeness (QED) is 0.0578. The van der Waals surface area contributed by atoms with Crippen LogP contribution in [-0.2, 0) is 39.3 Å². The Morgan fingerprint density at radius 1 is 0.239 bits per heavy atom. The molecule has 20 heteroatoms. The fraction of sp³-hybridized carbons (Fsp3) is 0.500. The van der Waals surface area contributed by atoms with Gasteiger partial charge < -0.3 is 71.2 Å². The van der Waals surface area contributed by atoms with Gasteiger partial charge in [-0.05, 0) is 194 Å². The maximum Gasteiger partial charge on any atom is 4.00 e. The largest absolute Gasteiger partial charge is 4.00 e. The van der Waals surface area contributed by atoms with Gasteiger partial charge in [0.05, 0.1) is 0 Å². The van der Waals surface area contributed by atoms with E-state index in [9.17, 15) is 40.8 Å². The minimum Gasteiger partial charge on any atom is -0.859 e. The molecule has 6 aromatic carbocycles. The summed E-state index contributed by atoms with van der Waals surface area (Å²) in [4.78, 5) is 24.9. The van der Waals surface area contributed by atoms with Gasteiger partial charge in [0.2, 0.25) is 0 Å². The third kappa shape index (κ3) is 29.7. The Morgan fingerprint density at radius 3 is 0.435 bits per heavy atom. The zero-order valence-corrected chi connectivity index (χ0v) is 68.2. The number of para-hydroxylation sites is 6. The second kappa shape index (κ2) is 36.5. The van der Waals surface area contributed by atoms with Crippen molar-refractivity contribution in [1.82, 2.24) is 9.80 Å². The summed E-state index contributed by atoms with van der Waals surface area (Å²) < 4.78 is 0. The van der Waals surface area contributed by atoms with Gasteiger partial charge in [0.15, 0.2) is 0 Å². The Hall–Kier alpha value is -3.09. The number of benzene rings is 6. The first-order valence-electron chi connectivity index (χ1n) is 31.2. The monoisotopic (exact) mass is 1550 g/mol. The Labute approximate surface area is 624 Å². The molecule has 0 saturated heterocycles. The van der Waals surface area contributed by atoms with Crippen molar-refractivity contribution in [3.63, 3.8) is 0 Å². The van der Waals surface area contributed by atoms with Crippen molar-refractivity contribution in [2.45, 2.75) is 236 Å². The van der Waals surface area contributed by atoms with Crippen LogP contribution in [0, 0.1) is 115 Å². The molecule has 0 aromatic heterocycles. The normalized spacial score (nSPS) is 12.2. The van der Waals surface area contributed by atoms with Gasteiger partial charge in [-0.1, -0.05) is 165 Å². The zero-order chi connectivity index (χ0) is 68.8. The van der Waals surface area contributed by atoms with E-state index in [4.69, 9.17) is 0 Å². The molecule has 0 amide bonds. The number of hydrogen-bond acceptors (Lipinski definition) is 16. The molecule has 0 unspecified atom stereocenters. The molecule has 0 aliphatic rings. The summed E-state index contributed by atoms with van der Waals surface area (Å²) in [7, 11) is -3.72. The van der Waals surface area contributed by atoms with Crippen molar-refractivity contribution in [1.29, 1.82) is 0 Å². The number of hydroxylamine groups is 6. The van der Waals surface area contributed by atoms with Crippen LogP contribution in [-0.4, -0.2) is 59.7 Å². The third-order valence-corrected chi connectivity index (χ3v) is 13.3. The number of hydrogen-bond donors (Lipinski definition) is 0. The molecule has 16 nitrogen and oxygen atoms in total. The molecule has 0 heterocycles. The summed E-state index contributed by atoms with van der Waals surface area (Å²) in [6.07, 6.45) is 0. The standard InChI is InChI=1S/2C33H45N4O3.2C3H9OSi.2Ce/c2*1-31(2,3)35(38)28-19-13-10-16-25(28)22-34(23-26-17-11-14-20-29(26)36(39)32(4,5)6)24-27-18-12-15-21-30(27)37(40)33(7,8)9;2*1-5(2,3)4;;/h2*10-21H,22-24H2,1-9H3;2*1-3H3;;/q2*-3;2*-1;2*+4. The first kappa shape index (κ1) is 86.9. The van der Waals surface area contributed by atoms with E-state index in [-0.39, 0.29) is 83.5 Å². The predicted octanol–water partition coefficient (Wildman–Crippen LogP) is 16.8. The van der Waals surface area contributed by atoms with Crippen molar-refractivity contribution in [2.75, 3.05) is 30.4 Å². The van der Waals surface area contributed by atoms with E-state index in [0.29, 0.717) is 73.4 Å². The van der Waals surface area contributed by atoms with Gasteiger partial charge in [0.25, 0.3) is 0 Å². The topological polar surface area (TPSA) is 210 Å². The van der Waals surface area contributed by atoms with Crippen LogP contribution in [0.2, 0.25) is 39.3 Å². The van der Waals surface area contributed by atoms with Crippen LogP contribution in [0.4, 0.5) is 34.1 Å². The van der Waals surface area contributed by atoms with Gasteiger partial charge in [0.1, 0.15) is 0 Å². The molecule has 6 rings (SSSR count). The molecule has 0 fully saturated rings. The number of rotatable bonds is 18. The Kier molecular flexibility index (Phi) is 34.5. The van der Waals surface area contributed by atoms with Crippen LogP contribution >= 0.6 is 0 Å². The van der Waals surface area contributed by atoms with Crippen LogP contribution in [0.15, 0.2) is 146 Å². The first-order valence-corrected chi connectivity index (χ1v) is 38.0. The van der Waals surface area contributed by atoms with Crippen molar-refractivity contribution >= 4 is 50.8 Å². The molecule has 0 saturated carbocycles. The Bertz CT molecular complexity index is 2610. The van der Waals surface area contributed by atoms with E-state index in [0.717, 1.165) is 63.8 Å². The molecule has 0 spiro atoms. The second-order valence-electron chi connectivity index (χ2n) is 31.1. The molecule has 0 atom stereocenters. The van der Waals surface area contributed by atoms with Gasteiger partial charge >= 0.3 is 83.5 Å². The van der Waals surface area contributed by atoms with Crippen molar-refractivity contribution in [3.05, 3.63) is 210 Å². The van der Waals surface area contributed by atoms with Gasteiger partial charge in [0, 0.05) is 107 Å². The fourth-order valence-electron chi connectivity index (χ4n) is 9.00. The number of nitrogens with zero attached hydrogens (tertiary/aromatic N) is 8. The van der Waals surface area contributed by atoms with Gasteiger partial charge in [-0.15, -0.1) is 0 Å². The van der Waals surface area contributed by atoms with E-state index in [1.165, 1.54) is 0 Å². The summed E-state index contributed by atoms with van der Waals surface area (Å²) in [6.45, 7) is 47.5. The summed E-state index contributed by atoms with van der Waals surface area (Å²) in [5, 5.41) is 86.1. The van der Waals surface area contributed by atoms with E-state index < -0.39 is 49.9 Å². The van der Waals surface area contributed by atoms with E-state index in [1.807, 2.05) is 270 Å². The van der Waals surface area contributed by atoms with Crippen molar-refractivity contribution < 1.29 is 93.1 Å². The molecular weight excluding hydrogens is 1440 g/mol. The zero-order valence-electron chi connectivity index (χ0n) is 59.9. The molecule has 0 aliphatic heterocycles. The fourth-order valence-corrected chi connectivity index (χ4v) is 9.00. The average Bonchev–Trinajstić information content (AvgIpc) is 0.869. The van der Waals surface area contributed by atoms with Crippen LogP contribution in [0.1, 0.15) is 158 Å². The van der Waals surface area contributed by atoms with Crippen LogP contribution < -0.4 is 40.0 Å². The van der Waals surface area contributed by atoms with E-state index in [1.54, 1.807) is 39.3 Å². The number of anilines is 6. The maximum atomic E-state index is 13.3. The summed E-state index contributed by atoms with van der Waals surface area (Å²) in [5.74, 6) is 0. The summed E-state index contributed by atoms with van der Waals surface area (Å²) in [5.41, 5.74) is 5.33. The molecule has 0 N–H and O–H groups in total. The van der Waals surface area contributed by atoms with Crippen LogP contribution in [0.25, 0.3) is 0 Å². The maximum absolute atomic E-state index is 13.3. The smallest absolute Gasteiger partial charge is 0.859 e. The third-order valence-electron chi connectivity index (χ3n) is 13.3. The molecular formula is C72H108Ce2N8O8Si2. The summed E-state index contributed by atoms with van der Waals surface area (Å²) >= 11 is 0. The molecule has 0 radical (unpaired) electrons. The van der Waals surface area contributed by atoms with Crippen molar-refractivity contribution in [3.8, 4) is 0 Å². The minimum absolute atomic E-state index is 0. The van der Waals surface area contributed by atoms with Gasteiger partial charge in [-0.3, -0.25) is 9.80 Å². The SMILES string of the molecule is CC(C)(C)N([O-])c1ccccc1CN(Cc1ccccc1N([O-])C(C)(C)C)Cc1ccccc1N([O-])C(C)(C)C.CC(C)(C)N([O-])c1ccccc1CN(Cc1ccccc1N([O-])C(C)(C)C)Cc1ccccc1N([O-])C(C)(C)C.C[Si](C)(C)[O-].C[Si](C)(C)[O-].[Ce+4].[Ce+4]. The molecule has 0 bridgehead atoms. The average molecular weight is 1550 g/mol. The van der Waals surface area contributed by atoms with E-state index >= 15 is 0 Å². The van der Waals surface area contributed by atoms with Crippen molar-refractivity contribution in [2.24, 2.45) is 0 Å². The first-order chi connectivity index (χ1) is 41.0. The van der Waals surface area contributed by atoms with Gasteiger partial charge in [-0.2, -0.15) is 0 Å². The van der Waals surface area contributed by atoms with E-state index in [2.05, 4.69) is 9.80 Å². The molecule has 500 valence electrons. The minimum atomic E-state index is -1.86. The Balaban J connectivity index is 0.000000785.